The summed E-state index contributed by atoms with van der Waals surface area (Å²) in [5.74, 6) is -0.554. The van der Waals surface area contributed by atoms with Gasteiger partial charge in [-0.3, -0.25) is 14.6 Å². The van der Waals surface area contributed by atoms with Crippen LogP contribution in [-0.2, 0) is 4.74 Å². The predicted molar refractivity (Wildman–Crippen MR) is 82.8 cm³/mol. The van der Waals surface area contributed by atoms with Gasteiger partial charge in [0.15, 0.2) is 0 Å². The molecule has 6 heteroatoms. The van der Waals surface area contributed by atoms with Crippen molar-refractivity contribution in [2.24, 2.45) is 0 Å². The maximum absolute atomic E-state index is 12.2. The van der Waals surface area contributed by atoms with Crippen LogP contribution in [0.5, 0.6) is 0 Å². The second-order valence-corrected chi connectivity index (χ2v) is 4.48. The van der Waals surface area contributed by atoms with E-state index in [9.17, 15) is 9.59 Å². The van der Waals surface area contributed by atoms with E-state index >= 15 is 0 Å². The Kier molecular flexibility index (Phi) is 5.62. The minimum Gasteiger partial charge on any atom is -0.383 e. The van der Waals surface area contributed by atoms with Crippen molar-refractivity contribution in [3.63, 3.8) is 0 Å². The van der Waals surface area contributed by atoms with Gasteiger partial charge in [-0.25, -0.2) is 0 Å². The Morgan fingerprint density at radius 1 is 1.09 bits per heavy atom. The standard InChI is InChI=1S/C16H17N3O3/c1-22-11-10-18-16(21)13-4-2-3-5-14(13)19-15(20)12-6-8-17-9-7-12/h2-9H,10-11H2,1H3,(H,18,21)(H,19,20). The van der Waals surface area contributed by atoms with Gasteiger partial charge in [-0.15, -0.1) is 0 Å². The highest BCUT2D eigenvalue weighted by molar-refractivity contribution is 6.08. The molecule has 0 aliphatic carbocycles. The lowest BCUT2D eigenvalue weighted by atomic mass is 10.1. The molecule has 0 saturated carbocycles. The number of methoxy groups -OCH3 is 1. The molecule has 2 aromatic rings. The molecule has 1 aromatic heterocycles. The zero-order valence-electron chi connectivity index (χ0n) is 12.2. The molecule has 0 radical (unpaired) electrons. The molecule has 6 nitrogen and oxygen atoms in total. The average Bonchev–Trinajstić information content (AvgIpc) is 2.56. The molecule has 2 rings (SSSR count). The first-order valence-corrected chi connectivity index (χ1v) is 6.80. The van der Waals surface area contributed by atoms with Crippen LogP contribution in [0.15, 0.2) is 48.8 Å². The summed E-state index contributed by atoms with van der Waals surface area (Å²) in [6, 6.07) is 10.1. The van der Waals surface area contributed by atoms with Gasteiger partial charge < -0.3 is 15.4 Å². The fourth-order valence-corrected chi connectivity index (χ4v) is 1.85. The van der Waals surface area contributed by atoms with Crippen molar-refractivity contribution in [2.45, 2.75) is 0 Å². The van der Waals surface area contributed by atoms with Crippen molar-refractivity contribution in [3.8, 4) is 0 Å². The van der Waals surface area contributed by atoms with Crippen LogP contribution in [0.4, 0.5) is 5.69 Å². The van der Waals surface area contributed by atoms with E-state index in [4.69, 9.17) is 4.74 Å². The number of amides is 2. The SMILES string of the molecule is COCCNC(=O)c1ccccc1NC(=O)c1ccncc1. The van der Waals surface area contributed by atoms with Gasteiger partial charge in [0.1, 0.15) is 0 Å². The number of carbonyl (C=O) groups is 2. The molecule has 0 unspecified atom stereocenters. The molecule has 0 spiro atoms. The van der Waals surface area contributed by atoms with E-state index in [0.29, 0.717) is 30.0 Å². The molecular weight excluding hydrogens is 282 g/mol. The molecule has 0 fully saturated rings. The number of para-hydroxylation sites is 1. The van der Waals surface area contributed by atoms with E-state index in [0.717, 1.165) is 0 Å². The monoisotopic (exact) mass is 299 g/mol. The summed E-state index contributed by atoms with van der Waals surface area (Å²) >= 11 is 0. The third kappa shape index (κ3) is 4.13. The predicted octanol–water partition coefficient (Wildman–Crippen LogP) is 1.71. The molecule has 114 valence electrons. The largest absolute Gasteiger partial charge is 0.383 e. The van der Waals surface area contributed by atoms with Crippen LogP contribution in [0, 0.1) is 0 Å². The Morgan fingerprint density at radius 2 is 1.82 bits per heavy atom. The highest BCUT2D eigenvalue weighted by Gasteiger charge is 2.13. The molecule has 0 atom stereocenters. The highest BCUT2D eigenvalue weighted by Crippen LogP contribution is 2.16. The number of carbonyl (C=O) groups excluding carboxylic acids is 2. The number of aromatic nitrogens is 1. The number of ether oxygens (including phenoxy) is 1. The van der Waals surface area contributed by atoms with Crippen molar-refractivity contribution in [2.75, 3.05) is 25.6 Å². The van der Waals surface area contributed by atoms with Crippen LogP contribution in [0.3, 0.4) is 0 Å². The molecule has 2 amide bonds. The highest BCUT2D eigenvalue weighted by atomic mass is 16.5. The Labute approximate surface area is 128 Å². The number of hydrogen-bond acceptors (Lipinski definition) is 4. The quantitative estimate of drug-likeness (QED) is 0.796. The fraction of sp³-hybridized carbons (Fsp3) is 0.188. The van der Waals surface area contributed by atoms with Crippen molar-refractivity contribution in [1.82, 2.24) is 10.3 Å². The third-order valence-electron chi connectivity index (χ3n) is 2.95. The lowest BCUT2D eigenvalue weighted by molar-refractivity contribution is 0.0938. The van der Waals surface area contributed by atoms with Crippen molar-refractivity contribution >= 4 is 17.5 Å². The maximum atomic E-state index is 12.2. The lowest BCUT2D eigenvalue weighted by Gasteiger charge is -2.11. The number of nitrogens with zero attached hydrogens (tertiary/aromatic N) is 1. The molecular formula is C16H17N3O3. The van der Waals surface area contributed by atoms with Crippen LogP contribution < -0.4 is 10.6 Å². The molecule has 22 heavy (non-hydrogen) atoms. The number of benzene rings is 1. The van der Waals surface area contributed by atoms with E-state index in [-0.39, 0.29) is 11.8 Å². The van der Waals surface area contributed by atoms with E-state index < -0.39 is 0 Å². The summed E-state index contributed by atoms with van der Waals surface area (Å²) in [6.45, 7) is 0.833. The molecule has 1 heterocycles. The van der Waals surface area contributed by atoms with Crippen LogP contribution in [0.25, 0.3) is 0 Å². The number of rotatable bonds is 6. The number of anilines is 1. The van der Waals surface area contributed by atoms with Crippen molar-refractivity contribution < 1.29 is 14.3 Å². The first-order chi connectivity index (χ1) is 10.7. The molecule has 0 bridgehead atoms. The summed E-state index contributed by atoms with van der Waals surface area (Å²) in [5.41, 5.74) is 1.34. The van der Waals surface area contributed by atoms with Gasteiger partial charge in [-0.1, -0.05) is 12.1 Å². The minimum absolute atomic E-state index is 0.261. The van der Waals surface area contributed by atoms with E-state index in [1.807, 2.05) is 0 Å². The van der Waals surface area contributed by atoms with Gasteiger partial charge >= 0.3 is 0 Å². The Balaban J connectivity index is 2.11. The smallest absolute Gasteiger partial charge is 0.255 e. The van der Waals surface area contributed by atoms with Gasteiger partial charge in [0, 0.05) is 31.6 Å². The Bertz CT molecular complexity index is 644. The van der Waals surface area contributed by atoms with Gasteiger partial charge in [0.05, 0.1) is 17.9 Å². The van der Waals surface area contributed by atoms with Crippen LogP contribution in [-0.4, -0.2) is 37.1 Å². The zero-order valence-corrected chi connectivity index (χ0v) is 12.2. The van der Waals surface area contributed by atoms with E-state index in [2.05, 4.69) is 15.6 Å². The molecule has 1 aromatic carbocycles. The van der Waals surface area contributed by atoms with Gasteiger partial charge in [-0.05, 0) is 24.3 Å². The number of nitrogens with one attached hydrogen (secondary N) is 2. The Morgan fingerprint density at radius 3 is 2.55 bits per heavy atom. The average molecular weight is 299 g/mol. The second kappa shape index (κ2) is 7.90. The summed E-state index contributed by atoms with van der Waals surface area (Å²) in [6.07, 6.45) is 3.08. The summed E-state index contributed by atoms with van der Waals surface area (Å²) in [4.78, 5) is 28.2. The molecule has 0 saturated heterocycles. The zero-order chi connectivity index (χ0) is 15.8. The van der Waals surface area contributed by atoms with E-state index in [1.54, 1.807) is 43.5 Å². The first kappa shape index (κ1) is 15.7. The Hall–Kier alpha value is -2.73. The van der Waals surface area contributed by atoms with Crippen LogP contribution in [0.1, 0.15) is 20.7 Å². The lowest BCUT2D eigenvalue weighted by Crippen LogP contribution is -2.28. The topological polar surface area (TPSA) is 80.3 Å². The summed E-state index contributed by atoms with van der Waals surface area (Å²) < 4.78 is 4.89. The number of hydrogen-bond donors (Lipinski definition) is 2. The third-order valence-corrected chi connectivity index (χ3v) is 2.95. The first-order valence-electron chi connectivity index (χ1n) is 6.80. The van der Waals surface area contributed by atoms with Gasteiger partial charge in [0.25, 0.3) is 11.8 Å². The van der Waals surface area contributed by atoms with E-state index in [1.165, 1.54) is 12.4 Å². The number of pyridine rings is 1. The van der Waals surface area contributed by atoms with Crippen LogP contribution >= 0.6 is 0 Å². The van der Waals surface area contributed by atoms with Gasteiger partial charge in [-0.2, -0.15) is 0 Å². The maximum Gasteiger partial charge on any atom is 0.255 e. The fourth-order valence-electron chi connectivity index (χ4n) is 1.85. The summed E-state index contributed by atoms with van der Waals surface area (Å²) in [7, 11) is 1.56. The molecule has 2 N–H and O–H groups in total. The molecule has 0 aliphatic rings. The summed E-state index contributed by atoms with van der Waals surface area (Å²) in [5, 5.41) is 5.47. The normalized spacial score (nSPS) is 10.0. The molecule has 0 aliphatic heterocycles. The van der Waals surface area contributed by atoms with Crippen molar-refractivity contribution in [1.29, 1.82) is 0 Å². The second-order valence-electron chi connectivity index (χ2n) is 4.48. The van der Waals surface area contributed by atoms with Gasteiger partial charge in [0.2, 0.25) is 0 Å². The van der Waals surface area contributed by atoms with Crippen molar-refractivity contribution in [3.05, 3.63) is 59.9 Å². The minimum atomic E-state index is -0.292. The van der Waals surface area contributed by atoms with Crippen LogP contribution in [0.2, 0.25) is 0 Å².